The molecule has 0 aliphatic carbocycles. The molecule has 0 amide bonds. The molecule has 1 N–H and O–H groups in total. The number of rotatable bonds is 2. The third-order valence-electron chi connectivity index (χ3n) is 5.00. The molecular formula is C22H26N2. The van der Waals surface area contributed by atoms with E-state index in [-0.39, 0.29) is 5.92 Å². The summed E-state index contributed by atoms with van der Waals surface area (Å²) in [5.74, 6) is 0.187. The average molecular weight is 318 g/mol. The molecule has 2 heteroatoms. The third kappa shape index (κ3) is 2.56. The quantitative estimate of drug-likeness (QED) is 0.765. The molecule has 2 nitrogen and oxygen atoms in total. The maximum Gasteiger partial charge on any atom is 0.0487 e. The summed E-state index contributed by atoms with van der Waals surface area (Å²) in [7, 11) is 0. The van der Waals surface area contributed by atoms with E-state index in [1.165, 1.54) is 44.8 Å². The Balaban J connectivity index is 2.36. The van der Waals surface area contributed by atoms with E-state index in [1.54, 1.807) is 0 Å². The van der Waals surface area contributed by atoms with Gasteiger partial charge in [0.2, 0.25) is 0 Å². The van der Waals surface area contributed by atoms with Crippen molar-refractivity contribution in [2.24, 2.45) is 0 Å². The van der Waals surface area contributed by atoms with Crippen molar-refractivity contribution in [2.75, 3.05) is 5.32 Å². The van der Waals surface area contributed by atoms with Crippen molar-refractivity contribution >= 4 is 5.69 Å². The molecule has 1 aromatic heterocycles. The summed E-state index contributed by atoms with van der Waals surface area (Å²) < 4.78 is 0. The molecule has 1 atom stereocenters. The second-order valence-corrected chi connectivity index (χ2v) is 7.05. The topological polar surface area (TPSA) is 24.9 Å². The molecule has 2 heterocycles. The van der Waals surface area contributed by atoms with Gasteiger partial charge in [0.25, 0.3) is 0 Å². The van der Waals surface area contributed by atoms with Crippen LogP contribution in [0.25, 0.3) is 0 Å². The fraction of sp³-hybridized carbons (Fsp3) is 0.318. The molecule has 0 radical (unpaired) electrons. The lowest BCUT2D eigenvalue weighted by atomic mass is 9.76. The minimum atomic E-state index is 0.187. The molecule has 124 valence electrons. The summed E-state index contributed by atoms with van der Waals surface area (Å²) in [6.07, 6.45) is 1.96. The number of nitrogens with zero attached hydrogens (tertiary/aromatic N) is 1. The first-order valence-corrected chi connectivity index (χ1v) is 8.48. The van der Waals surface area contributed by atoms with E-state index in [1.807, 2.05) is 6.20 Å². The first-order valence-electron chi connectivity index (χ1n) is 8.48. The van der Waals surface area contributed by atoms with Gasteiger partial charge in [-0.3, -0.25) is 4.98 Å². The van der Waals surface area contributed by atoms with Crippen LogP contribution in [0, 0.1) is 27.7 Å². The predicted octanol–water partition coefficient (Wildman–Crippen LogP) is 5.72. The summed E-state index contributed by atoms with van der Waals surface area (Å²) in [5.41, 5.74) is 12.3. The predicted molar refractivity (Wildman–Crippen MR) is 103 cm³/mol. The maximum atomic E-state index is 4.64. The van der Waals surface area contributed by atoms with E-state index in [4.69, 9.17) is 0 Å². The Hall–Kier alpha value is -2.35. The Morgan fingerprint density at radius 1 is 1.08 bits per heavy atom. The molecule has 0 spiro atoms. The minimum Gasteiger partial charge on any atom is -0.358 e. The monoisotopic (exact) mass is 318 g/mol. The van der Waals surface area contributed by atoms with Crippen LogP contribution in [0.4, 0.5) is 5.69 Å². The summed E-state index contributed by atoms with van der Waals surface area (Å²) in [6, 6.07) is 6.73. The lowest BCUT2D eigenvalue weighted by Crippen LogP contribution is -2.21. The Morgan fingerprint density at radius 2 is 1.79 bits per heavy atom. The van der Waals surface area contributed by atoms with Crippen LogP contribution in [0.3, 0.4) is 0 Å². The standard InChI is InChI=1S/C22H26N2/c1-12(2)19-17(7)24-22-15(5)11-23-16(6)20(22)21(19)18-9-8-13(3)10-14(18)4/h8-11,21,24H,1H2,2-7H3. The molecule has 24 heavy (non-hydrogen) atoms. The van der Waals surface area contributed by atoms with Gasteiger partial charge in [-0.25, -0.2) is 0 Å². The van der Waals surface area contributed by atoms with E-state index < -0.39 is 0 Å². The van der Waals surface area contributed by atoms with Crippen molar-refractivity contribution in [3.8, 4) is 0 Å². The molecule has 0 bridgehead atoms. The molecule has 3 rings (SSSR count). The molecule has 1 aromatic carbocycles. The zero-order valence-corrected chi connectivity index (χ0v) is 15.5. The molecule has 1 unspecified atom stereocenters. The van der Waals surface area contributed by atoms with Gasteiger partial charge in [0, 0.05) is 34.8 Å². The summed E-state index contributed by atoms with van der Waals surface area (Å²) in [6.45, 7) is 17.1. The summed E-state index contributed by atoms with van der Waals surface area (Å²) in [4.78, 5) is 4.64. The highest BCUT2D eigenvalue weighted by atomic mass is 14.9. The second-order valence-electron chi connectivity index (χ2n) is 7.05. The van der Waals surface area contributed by atoms with Crippen molar-refractivity contribution in [2.45, 2.75) is 47.5 Å². The molecule has 1 aliphatic heterocycles. The Labute approximate surface area is 145 Å². The van der Waals surface area contributed by atoms with Crippen LogP contribution in [0.1, 0.15) is 53.3 Å². The number of allylic oxidation sites excluding steroid dienone is 3. The van der Waals surface area contributed by atoms with Gasteiger partial charge in [-0.15, -0.1) is 0 Å². The highest BCUT2D eigenvalue weighted by Gasteiger charge is 2.31. The number of hydrogen-bond donors (Lipinski definition) is 1. The van der Waals surface area contributed by atoms with Gasteiger partial charge in [-0.05, 0) is 63.8 Å². The molecule has 0 saturated heterocycles. The highest BCUT2D eigenvalue weighted by molar-refractivity contribution is 5.72. The first kappa shape index (κ1) is 16.5. The largest absolute Gasteiger partial charge is 0.358 e. The zero-order chi connectivity index (χ0) is 17.6. The number of pyridine rings is 1. The Morgan fingerprint density at radius 3 is 2.42 bits per heavy atom. The SMILES string of the molecule is C=C(C)C1=C(C)Nc2c(C)cnc(C)c2C1c1ccc(C)cc1C. The smallest absolute Gasteiger partial charge is 0.0487 e. The van der Waals surface area contributed by atoms with Gasteiger partial charge in [-0.1, -0.05) is 35.9 Å². The van der Waals surface area contributed by atoms with E-state index in [2.05, 4.69) is 76.6 Å². The van der Waals surface area contributed by atoms with Crippen molar-refractivity contribution in [1.82, 2.24) is 4.98 Å². The number of fused-ring (bicyclic) bond motifs is 1. The van der Waals surface area contributed by atoms with Crippen molar-refractivity contribution in [3.63, 3.8) is 0 Å². The van der Waals surface area contributed by atoms with Gasteiger partial charge in [0.15, 0.2) is 0 Å². The number of nitrogens with one attached hydrogen (secondary N) is 1. The van der Waals surface area contributed by atoms with Crippen LogP contribution in [0.15, 0.2) is 47.8 Å². The lowest BCUT2D eigenvalue weighted by molar-refractivity contribution is 0.874. The molecule has 2 aromatic rings. The normalized spacial score (nSPS) is 16.7. The highest BCUT2D eigenvalue weighted by Crippen LogP contribution is 2.46. The molecule has 1 aliphatic rings. The van der Waals surface area contributed by atoms with E-state index in [9.17, 15) is 0 Å². The lowest BCUT2D eigenvalue weighted by Gasteiger charge is -2.34. The number of aryl methyl sites for hydroxylation is 4. The van der Waals surface area contributed by atoms with Crippen LogP contribution in [-0.4, -0.2) is 4.98 Å². The van der Waals surface area contributed by atoms with E-state index in [0.29, 0.717) is 0 Å². The molecular weight excluding hydrogens is 292 g/mol. The van der Waals surface area contributed by atoms with Crippen molar-refractivity contribution in [1.29, 1.82) is 0 Å². The van der Waals surface area contributed by atoms with Crippen LogP contribution < -0.4 is 5.32 Å². The summed E-state index contributed by atoms with van der Waals surface area (Å²) >= 11 is 0. The van der Waals surface area contributed by atoms with Gasteiger partial charge < -0.3 is 5.32 Å². The van der Waals surface area contributed by atoms with Crippen LogP contribution in [-0.2, 0) is 0 Å². The maximum absolute atomic E-state index is 4.64. The molecule has 0 saturated carbocycles. The number of hydrogen-bond acceptors (Lipinski definition) is 2. The number of benzene rings is 1. The van der Waals surface area contributed by atoms with Gasteiger partial charge >= 0.3 is 0 Å². The third-order valence-corrected chi connectivity index (χ3v) is 5.00. The van der Waals surface area contributed by atoms with Crippen molar-refractivity contribution < 1.29 is 0 Å². The first-order chi connectivity index (χ1) is 11.3. The average Bonchev–Trinajstić information content (AvgIpc) is 2.50. The van der Waals surface area contributed by atoms with E-state index >= 15 is 0 Å². The zero-order valence-electron chi connectivity index (χ0n) is 15.5. The Bertz CT molecular complexity index is 872. The summed E-state index contributed by atoms with van der Waals surface area (Å²) in [5, 5.41) is 3.61. The molecule has 0 fully saturated rings. The van der Waals surface area contributed by atoms with Crippen LogP contribution >= 0.6 is 0 Å². The second kappa shape index (κ2) is 5.94. The van der Waals surface area contributed by atoms with E-state index in [0.717, 1.165) is 11.3 Å². The Kier molecular flexibility index (Phi) is 4.08. The fourth-order valence-electron chi connectivity index (χ4n) is 3.88. The minimum absolute atomic E-state index is 0.187. The van der Waals surface area contributed by atoms with Gasteiger partial charge in [0.05, 0.1) is 0 Å². The van der Waals surface area contributed by atoms with Crippen LogP contribution in [0.5, 0.6) is 0 Å². The van der Waals surface area contributed by atoms with Crippen molar-refractivity contribution in [3.05, 3.63) is 81.3 Å². The van der Waals surface area contributed by atoms with Gasteiger partial charge in [0.1, 0.15) is 0 Å². The number of aromatic nitrogens is 1. The van der Waals surface area contributed by atoms with Gasteiger partial charge in [-0.2, -0.15) is 0 Å². The van der Waals surface area contributed by atoms with Crippen LogP contribution in [0.2, 0.25) is 0 Å². The fourth-order valence-corrected chi connectivity index (χ4v) is 3.88. The number of anilines is 1.